The summed E-state index contributed by atoms with van der Waals surface area (Å²) in [5.74, 6) is 2.89. The van der Waals surface area contributed by atoms with Crippen molar-refractivity contribution in [2.24, 2.45) is 0 Å². The van der Waals surface area contributed by atoms with Gasteiger partial charge in [-0.15, -0.1) is 5.10 Å². The molecule has 3 aromatic rings. The molecule has 0 spiro atoms. The Hall–Kier alpha value is -2.40. The number of ether oxygens (including phenoxy) is 3. The van der Waals surface area contributed by atoms with Crippen molar-refractivity contribution in [3.05, 3.63) is 52.8 Å². The molecule has 2 aromatic carbocycles. The number of hydrogen-bond acceptors (Lipinski definition) is 6. The minimum absolute atomic E-state index is 0. The van der Waals surface area contributed by atoms with Gasteiger partial charge in [-0.3, -0.25) is 0 Å². The maximum absolute atomic E-state index is 5.85. The first-order chi connectivity index (χ1) is 14.0. The van der Waals surface area contributed by atoms with Gasteiger partial charge in [0, 0.05) is 6.42 Å². The highest BCUT2D eigenvalue weighted by molar-refractivity contribution is 5.62. The van der Waals surface area contributed by atoms with Crippen molar-refractivity contribution in [2.45, 2.75) is 19.4 Å². The Morgan fingerprint density at radius 1 is 1.17 bits per heavy atom. The van der Waals surface area contributed by atoms with E-state index >= 15 is 0 Å². The first kappa shape index (κ1) is 20.9. The van der Waals surface area contributed by atoms with E-state index in [9.17, 15) is 0 Å². The van der Waals surface area contributed by atoms with E-state index in [0.29, 0.717) is 16.0 Å². The molecule has 0 amide bonds. The number of likely N-dealkylation sites (N-methyl/N-ethyl adjacent to an activating group) is 1. The molecule has 1 aromatic heterocycles. The van der Waals surface area contributed by atoms with Crippen LogP contribution in [0.5, 0.6) is 17.2 Å². The fraction of sp³-hybridized carbons (Fsp3) is 0.381. The van der Waals surface area contributed by atoms with E-state index in [4.69, 9.17) is 14.2 Å². The number of fused-ring (bicyclic) bond motifs is 2. The van der Waals surface area contributed by atoms with Crippen LogP contribution >= 0.6 is 0 Å². The standard InChI is InChI=1S/C21H24N5O3.HI/c1-13-5-7-15(8-6-13)25-21(22-23-24-25)18-17-14(9-10-26(18,2)3)11-16-19(20(17)27-4)29-12-28-16;/h5-8,11,18H,9-10,12H2,1-4H3;1H/q+1;/p-1. The molecule has 1 unspecified atom stereocenters. The first-order valence-electron chi connectivity index (χ1n) is 9.67. The van der Waals surface area contributed by atoms with E-state index < -0.39 is 0 Å². The third-order valence-electron chi connectivity index (χ3n) is 5.89. The van der Waals surface area contributed by atoms with Crippen LogP contribution in [-0.4, -0.2) is 59.2 Å². The summed E-state index contributed by atoms with van der Waals surface area (Å²) in [7, 11) is 6.07. The minimum atomic E-state index is -0.112. The molecule has 1 atom stereocenters. The zero-order valence-corrected chi connectivity index (χ0v) is 19.6. The lowest BCUT2D eigenvalue weighted by Crippen LogP contribution is -3.00. The molecule has 0 saturated carbocycles. The van der Waals surface area contributed by atoms with Crippen molar-refractivity contribution in [3.8, 4) is 22.9 Å². The largest absolute Gasteiger partial charge is 1.00 e. The Bertz CT molecular complexity index is 1080. The smallest absolute Gasteiger partial charge is 0.231 e. The van der Waals surface area contributed by atoms with Crippen LogP contribution in [0.15, 0.2) is 30.3 Å². The SMILES string of the molecule is COc1c2c(cc3c1C(c1nnnn1-c1ccc(C)cc1)[N+](C)(C)CC3)OCO2.[I-]. The topological polar surface area (TPSA) is 71.3 Å². The van der Waals surface area contributed by atoms with Crippen LogP contribution in [0.4, 0.5) is 0 Å². The number of benzene rings is 2. The van der Waals surface area contributed by atoms with Crippen LogP contribution in [0.2, 0.25) is 0 Å². The number of nitrogens with zero attached hydrogens (tertiary/aromatic N) is 5. The van der Waals surface area contributed by atoms with E-state index in [1.807, 2.05) is 16.8 Å². The van der Waals surface area contributed by atoms with Crippen molar-refractivity contribution in [1.82, 2.24) is 20.2 Å². The lowest BCUT2D eigenvalue weighted by Gasteiger charge is -2.42. The number of aromatic nitrogens is 4. The average Bonchev–Trinajstić information content (AvgIpc) is 3.36. The maximum Gasteiger partial charge on any atom is 0.231 e. The first-order valence-corrected chi connectivity index (χ1v) is 9.67. The zero-order chi connectivity index (χ0) is 20.2. The second-order valence-electron chi connectivity index (χ2n) is 8.16. The van der Waals surface area contributed by atoms with E-state index in [2.05, 4.69) is 54.7 Å². The second-order valence-corrected chi connectivity index (χ2v) is 8.16. The molecule has 2 aliphatic heterocycles. The third kappa shape index (κ3) is 3.20. The lowest BCUT2D eigenvalue weighted by molar-refractivity contribution is -0.917. The molecular weight excluding hydrogens is 497 g/mol. The summed E-state index contributed by atoms with van der Waals surface area (Å²) in [6.45, 7) is 3.22. The van der Waals surface area contributed by atoms with E-state index in [-0.39, 0.29) is 36.8 Å². The molecule has 0 aliphatic carbocycles. The number of rotatable bonds is 3. The predicted octanol–water partition coefficient (Wildman–Crippen LogP) is -0.566. The molecule has 30 heavy (non-hydrogen) atoms. The summed E-state index contributed by atoms with van der Waals surface area (Å²) in [6, 6.07) is 10.2. The monoisotopic (exact) mass is 521 g/mol. The molecule has 0 radical (unpaired) electrons. The van der Waals surface area contributed by atoms with Crippen molar-refractivity contribution < 1.29 is 42.7 Å². The summed E-state index contributed by atoms with van der Waals surface area (Å²) in [4.78, 5) is 0. The molecule has 0 N–H and O–H groups in total. The highest BCUT2D eigenvalue weighted by Crippen LogP contribution is 2.51. The van der Waals surface area contributed by atoms with Gasteiger partial charge in [0.25, 0.3) is 0 Å². The molecule has 8 nitrogen and oxygen atoms in total. The van der Waals surface area contributed by atoms with Gasteiger partial charge in [-0.1, -0.05) is 17.7 Å². The summed E-state index contributed by atoms with van der Waals surface area (Å²) in [6.07, 6.45) is 0.915. The molecule has 9 heteroatoms. The van der Waals surface area contributed by atoms with Crippen molar-refractivity contribution >= 4 is 0 Å². The van der Waals surface area contributed by atoms with E-state index in [1.54, 1.807) is 7.11 Å². The van der Waals surface area contributed by atoms with Crippen LogP contribution < -0.4 is 38.2 Å². The molecular formula is C21H24IN5O3. The van der Waals surface area contributed by atoms with Gasteiger partial charge in [0.2, 0.25) is 18.4 Å². The number of quaternary nitrogens is 1. The van der Waals surface area contributed by atoms with Gasteiger partial charge in [-0.05, 0) is 41.1 Å². The number of aryl methyl sites for hydroxylation is 1. The molecule has 5 rings (SSSR count). The molecule has 2 aliphatic rings. The van der Waals surface area contributed by atoms with Gasteiger partial charge in [0.05, 0.1) is 39.0 Å². The highest BCUT2D eigenvalue weighted by Gasteiger charge is 2.45. The molecule has 0 saturated heterocycles. The Kier molecular flexibility index (Phi) is 5.35. The third-order valence-corrected chi connectivity index (χ3v) is 5.89. The molecule has 0 bridgehead atoms. The molecule has 3 heterocycles. The van der Waals surface area contributed by atoms with Crippen LogP contribution in [0.25, 0.3) is 5.69 Å². The van der Waals surface area contributed by atoms with Gasteiger partial charge >= 0.3 is 0 Å². The van der Waals surface area contributed by atoms with E-state index in [1.165, 1.54) is 11.1 Å². The Morgan fingerprint density at radius 3 is 2.67 bits per heavy atom. The summed E-state index contributed by atoms with van der Waals surface area (Å²) in [5, 5.41) is 12.8. The van der Waals surface area contributed by atoms with Gasteiger partial charge in [0.15, 0.2) is 17.5 Å². The number of halogens is 1. The number of hydrogen-bond donors (Lipinski definition) is 0. The summed E-state index contributed by atoms with van der Waals surface area (Å²) < 4.78 is 19.7. The molecule has 0 fully saturated rings. The zero-order valence-electron chi connectivity index (χ0n) is 17.4. The fourth-order valence-electron chi connectivity index (χ4n) is 4.35. The van der Waals surface area contributed by atoms with Gasteiger partial charge in [-0.25, -0.2) is 0 Å². The summed E-state index contributed by atoms with van der Waals surface area (Å²) >= 11 is 0. The average molecular weight is 521 g/mol. The van der Waals surface area contributed by atoms with Crippen LogP contribution in [0.3, 0.4) is 0 Å². The lowest BCUT2D eigenvalue weighted by atomic mass is 9.88. The predicted molar refractivity (Wildman–Crippen MR) is 106 cm³/mol. The number of methoxy groups -OCH3 is 1. The van der Waals surface area contributed by atoms with Crippen LogP contribution in [0.1, 0.15) is 28.6 Å². The Morgan fingerprint density at radius 2 is 1.93 bits per heavy atom. The minimum Gasteiger partial charge on any atom is -1.00 e. The van der Waals surface area contributed by atoms with Gasteiger partial charge in [0.1, 0.15) is 0 Å². The van der Waals surface area contributed by atoms with Crippen molar-refractivity contribution in [3.63, 3.8) is 0 Å². The van der Waals surface area contributed by atoms with Gasteiger partial charge in [-0.2, -0.15) is 4.68 Å². The Balaban J connectivity index is 0.00000218. The molecule has 158 valence electrons. The maximum atomic E-state index is 5.85. The van der Waals surface area contributed by atoms with Crippen LogP contribution in [-0.2, 0) is 6.42 Å². The normalized spacial score (nSPS) is 18.5. The second kappa shape index (κ2) is 7.69. The summed E-state index contributed by atoms with van der Waals surface area (Å²) in [5.41, 5.74) is 4.38. The van der Waals surface area contributed by atoms with Crippen molar-refractivity contribution in [2.75, 3.05) is 34.5 Å². The van der Waals surface area contributed by atoms with Crippen LogP contribution in [0, 0.1) is 6.92 Å². The number of tetrazole rings is 1. The highest BCUT2D eigenvalue weighted by atomic mass is 127. The quantitative estimate of drug-likeness (QED) is 0.340. The van der Waals surface area contributed by atoms with E-state index in [0.717, 1.165) is 35.8 Å². The van der Waals surface area contributed by atoms with Crippen molar-refractivity contribution in [1.29, 1.82) is 0 Å². The Labute approximate surface area is 192 Å². The fourth-order valence-corrected chi connectivity index (χ4v) is 4.35. The van der Waals surface area contributed by atoms with Gasteiger partial charge < -0.3 is 42.7 Å².